The van der Waals surface area contributed by atoms with Gasteiger partial charge >= 0.3 is 11.6 Å². The molecule has 1 aromatic carbocycles. The van der Waals surface area contributed by atoms with Crippen molar-refractivity contribution in [2.75, 3.05) is 0 Å². The third-order valence-corrected chi connectivity index (χ3v) is 2.81. The highest BCUT2D eigenvalue weighted by molar-refractivity contribution is 5.81. The van der Waals surface area contributed by atoms with E-state index in [1.54, 1.807) is 42.7 Å². The lowest BCUT2D eigenvalue weighted by molar-refractivity contribution is -0.131. The lowest BCUT2D eigenvalue weighted by atomic mass is 10.2. The summed E-state index contributed by atoms with van der Waals surface area (Å²) < 4.78 is 15.2. The highest BCUT2D eigenvalue weighted by Gasteiger charge is 2.07. The Morgan fingerprint density at radius 1 is 1.27 bits per heavy atom. The number of hydrogen-bond acceptors (Lipinski definition) is 6. The van der Waals surface area contributed by atoms with Gasteiger partial charge in [0.15, 0.2) is 0 Å². The molecule has 0 saturated carbocycles. The van der Waals surface area contributed by atoms with Gasteiger partial charge in [0.2, 0.25) is 5.89 Å². The van der Waals surface area contributed by atoms with Crippen LogP contribution in [0.2, 0.25) is 0 Å². The summed E-state index contributed by atoms with van der Waals surface area (Å²) >= 11 is 0. The number of fused-ring (bicyclic) bond motifs is 1. The van der Waals surface area contributed by atoms with E-state index in [2.05, 4.69) is 4.98 Å². The van der Waals surface area contributed by atoms with Crippen molar-refractivity contribution in [2.45, 2.75) is 6.92 Å². The Labute approximate surface area is 124 Å². The Morgan fingerprint density at radius 2 is 2.14 bits per heavy atom. The van der Waals surface area contributed by atoms with E-state index in [0.29, 0.717) is 11.3 Å². The summed E-state index contributed by atoms with van der Waals surface area (Å²) in [6, 6.07) is 8.10. The van der Waals surface area contributed by atoms with Crippen LogP contribution in [0.1, 0.15) is 18.6 Å². The zero-order chi connectivity index (χ0) is 15.5. The Balaban J connectivity index is 1.98. The van der Waals surface area contributed by atoms with Gasteiger partial charge in [-0.25, -0.2) is 9.78 Å². The van der Waals surface area contributed by atoms with Gasteiger partial charge in [0, 0.05) is 13.0 Å². The monoisotopic (exact) mass is 297 g/mol. The van der Waals surface area contributed by atoms with E-state index in [1.807, 2.05) is 0 Å². The van der Waals surface area contributed by atoms with E-state index < -0.39 is 11.6 Å². The van der Waals surface area contributed by atoms with Crippen LogP contribution in [0.3, 0.4) is 0 Å². The molecule has 0 aliphatic rings. The molecule has 2 aromatic heterocycles. The minimum absolute atomic E-state index is 0.161. The number of carbonyl (C=O) groups is 1. The van der Waals surface area contributed by atoms with Crippen LogP contribution in [0.4, 0.5) is 0 Å². The summed E-state index contributed by atoms with van der Waals surface area (Å²) in [4.78, 5) is 27.1. The maximum atomic E-state index is 12.0. The van der Waals surface area contributed by atoms with E-state index in [1.165, 1.54) is 13.0 Å². The van der Waals surface area contributed by atoms with E-state index in [4.69, 9.17) is 13.6 Å². The molecule has 0 saturated heterocycles. The van der Waals surface area contributed by atoms with Crippen LogP contribution >= 0.6 is 0 Å². The Bertz CT molecular complexity index is 906. The molecule has 0 unspecified atom stereocenters. The van der Waals surface area contributed by atoms with Crippen molar-refractivity contribution in [3.8, 4) is 5.75 Å². The third-order valence-electron chi connectivity index (χ3n) is 2.81. The number of furan rings is 1. The van der Waals surface area contributed by atoms with Crippen molar-refractivity contribution in [2.24, 2.45) is 0 Å². The van der Waals surface area contributed by atoms with Crippen molar-refractivity contribution in [1.29, 1.82) is 0 Å². The highest BCUT2D eigenvalue weighted by atomic mass is 16.5. The van der Waals surface area contributed by atoms with Gasteiger partial charge < -0.3 is 13.6 Å². The Morgan fingerprint density at radius 3 is 2.86 bits per heavy atom. The van der Waals surface area contributed by atoms with Crippen molar-refractivity contribution < 1.29 is 18.4 Å². The summed E-state index contributed by atoms with van der Waals surface area (Å²) in [5.74, 6) is 0.589. The fourth-order valence-electron chi connectivity index (χ4n) is 1.91. The molecule has 22 heavy (non-hydrogen) atoms. The molecule has 0 aliphatic heterocycles. The Hall–Kier alpha value is -3.15. The fraction of sp³-hybridized carbons (Fsp3) is 0.0625. The van der Waals surface area contributed by atoms with Crippen molar-refractivity contribution in [3.05, 3.63) is 58.7 Å². The maximum absolute atomic E-state index is 12.0. The number of ether oxygens (including phenoxy) is 1. The van der Waals surface area contributed by atoms with Crippen LogP contribution in [0.25, 0.3) is 23.1 Å². The zero-order valence-corrected chi connectivity index (χ0v) is 11.6. The van der Waals surface area contributed by atoms with E-state index in [0.717, 1.165) is 0 Å². The second kappa shape index (κ2) is 5.69. The normalized spacial score (nSPS) is 11.1. The molecule has 2 heterocycles. The van der Waals surface area contributed by atoms with Gasteiger partial charge in [0.25, 0.3) is 0 Å². The molecule has 6 heteroatoms. The molecule has 0 amide bonds. The first-order valence-corrected chi connectivity index (χ1v) is 6.47. The number of carbonyl (C=O) groups excluding carboxylic acids is 1. The van der Waals surface area contributed by atoms with Gasteiger partial charge in [-0.05, 0) is 36.4 Å². The quantitative estimate of drug-likeness (QED) is 0.546. The number of esters is 1. The van der Waals surface area contributed by atoms with Crippen molar-refractivity contribution in [1.82, 2.24) is 4.98 Å². The second-order valence-corrected chi connectivity index (χ2v) is 4.46. The van der Waals surface area contributed by atoms with E-state index in [9.17, 15) is 9.59 Å². The molecule has 6 nitrogen and oxygen atoms in total. The average molecular weight is 297 g/mol. The summed E-state index contributed by atoms with van der Waals surface area (Å²) in [5, 5.41) is 0.244. The first kappa shape index (κ1) is 13.8. The van der Waals surface area contributed by atoms with E-state index in [-0.39, 0.29) is 17.0 Å². The summed E-state index contributed by atoms with van der Waals surface area (Å²) in [6.07, 6.45) is 4.73. The summed E-state index contributed by atoms with van der Waals surface area (Å²) in [7, 11) is 0. The molecule has 3 aromatic rings. The molecular formula is C16H11NO5. The molecular weight excluding hydrogens is 286 g/mol. The van der Waals surface area contributed by atoms with Crippen molar-refractivity contribution >= 4 is 29.0 Å². The Kier molecular flexibility index (Phi) is 3.57. The summed E-state index contributed by atoms with van der Waals surface area (Å²) in [6.45, 7) is 1.29. The first-order valence-electron chi connectivity index (χ1n) is 6.47. The van der Waals surface area contributed by atoms with Gasteiger partial charge in [0.1, 0.15) is 11.5 Å². The number of benzene rings is 1. The molecule has 0 atom stereocenters. The fourth-order valence-corrected chi connectivity index (χ4v) is 1.91. The standard InChI is InChI=1S/C16H11NO5/c1-10(18)21-12-4-6-14-13(9-12)16(19)22-15(17-14)7-5-11-3-2-8-20-11/h2-9H,1H3. The van der Waals surface area contributed by atoms with Gasteiger partial charge in [-0.2, -0.15) is 0 Å². The van der Waals surface area contributed by atoms with Gasteiger partial charge in [0.05, 0.1) is 17.2 Å². The molecule has 0 aliphatic carbocycles. The molecule has 110 valence electrons. The number of hydrogen-bond donors (Lipinski definition) is 0. The highest BCUT2D eigenvalue weighted by Crippen LogP contribution is 2.18. The van der Waals surface area contributed by atoms with Crippen LogP contribution in [0, 0.1) is 0 Å². The lowest BCUT2D eigenvalue weighted by Crippen LogP contribution is -2.05. The minimum atomic E-state index is -0.557. The predicted octanol–water partition coefficient (Wildman–Crippen LogP) is 2.88. The maximum Gasteiger partial charge on any atom is 0.347 e. The van der Waals surface area contributed by atoms with Crippen LogP contribution in [0.15, 0.2) is 50.2 Å². The topological polar surface area (TPSA) is 82.5 Å². The van der Waals surface area contributed by atoms with Crippen LogP contribution in [0.5, 0.6) is 5.75 Å². The third kappa shape index (κ3) is 2.95. The van der Waals surface area contributed by atoms with Crippen molar-refractivity contribution in [3.63, 3.8) is 0 Å². The first-order chi connectivity index (χ1) is 10.6. The number of aromatic nitrogens is 1. The van der Waals surface area contributed by atoms with Crippen LogP contribution in [-0.4, -0.2) is 11.0 Å². The molecule has 0 fully saturated rings. The predicted molar refractivity (Wildman–Crippen MR) is 79.2 cm³/mol. The summed E-state index contributed by atoms with van der Waals surface area (Å²) in [5.41, 5.74) is -0.107. The smallest absolute Gasteiger partial charge is 0.347 e. The number of nitrogens with zero attached hydrogens (tertiary/aromatic N) is 1. The lowest BCUT2D eigenvalue weighted by Gasteiger charge is -2.02. The van der Waals surface area contributed by atoms with Crippen LogP contribution < -0.4 is 10.4 Å². The minimum Gasteiger partial charge on any atom is -0.465 e. The molecule has 0 spiro atoms. The molecule has 0 N–H and O–H groups in total. The van der Waals surface area contributed by atoms with Crippen LogP contribution in [-0.2, 0) is 4.79 Å². The average Bonchev–Trinajstić information content (AvgIpc) is 2.98. The zero-order valence-electron chi connectivity index (χ0n) is 11.6. The van der Waals surface area contributed by atoms with Gasteiger partial charge in [-0.1, -0.05) is 0 Å². The van der Waals surface area contributed by atoms with Gasteiger partial charge in [-0.3, -0.25) is 4.79 Å². The molecule has 3 rings (SSSR count). The van der Waals surface area contributed by atoms with Gasteiger partial charge in [-0.15, -0.1) is 0 Å². The second-order valence-electron chi connectivity index (χ2n) is 4.46. The molecule has 0 radical (unpaired) electrons. The largest absolute Gasteiger partial charge is 0.465 e. The molecule has 0 bridgehead atoms. The SMILES string of the molecule is CC(=O)Oc1ccc2nc(C=Cc3ccco3)oc(=O)c2c1. The van der Waals surface area contributed by atoms with E-state index >= 15 is 0 Å². The number of rotatable bonds is 3.